The van der Waals surface area contributed by atoms with E-state index in [2.05, 4.69) is 22.3 Å². The number of benzene rings is 3. The van der Waals surface area contributed by atoms with E-state index >= 15 is 0 Å². The van der Waals surface area contributed by atoms with Crippen LogP contribution in [0.1, 0.15) is 66.5 Å². The van der Waals surface area contributed by atoms with Crippen LogP contribution in [-0.4, -0.2) is 63.0 Å². The number of aliphatic hydroxyl groups excluding tert-OH is 2. The standard InChI is InChI=1S/C37H44FN3O5/c1-24(2)41-32(19-18-30(42)20-31(43)21-33(44)45)34(28-14-16-29(38)17-15-28)35(27-8-6-5-7-9-27)36(41)37(46)39-22-25-10-12-26(13-11-25)23-40(3)4/h5-17,24,30-31,42-43H,18-23H2,1-4H3,(H,39,46)(H,44,45)/t30-,31-/m1/s1. The van der Waals surface area contributed by atoms with Crippen molar-refractivity contribution in [2.45, 2.75) is 70.9 Å². The summed E-state index contributed by atoms with van der Waals surface area (Å²) < 4.78 is 16.1. The molecule has 0 saturated heterocycles. The van der Waals surface area contributed by atoms with Gasteiger partial charge in [-0.05, 0) is 81.6 Å². The average molecular weight is 630 g/mol. The Morgan fingerprint density at radius 1 is 0.848 bits per heavy atom. The monoisotopic (exact) mass is 629 g/mol. The number of nitrogens with one attached hydrogen (secondary N) is 1. The summed E-state index contributed by atoms with van der Waals surface area (Å²) in [4.78, 5) is 27.4. The lowest BCUT2D eigenvalue weighted by molar-refractivity contribution is -0.139. The first-order valence-electron chi connectivity index (χ1n) is 15.6. The van der Waals surface area contributed by atoms with Crippen LogP contribution in [0.4, 0.5) is 4.39 Å². The molecule has 4 aromatic rings. The molecular weight excluding hydrogens is 585 g/mol. The van der Waals surface area contributed by atoms with E-state index in [0.29, 0.717) is 24.2 Å². The number of carbonyl (C=O) groups excluding carboxylic acids is 1. The first kappa shape index (κ1) is 34.6. The van der Waals surface area contributed by atoms with E-state index in [9.17, 15) is 24.2 Å². The number of carboxylic acid groups (broad SMARTS) is 1. The summed E-state index contributed by atoms with van der Waals surface area (Å²) in [6.45, 7) is 5.11. The van der Waals surface area contributed by atoms with Gasteiger partial charge in [0.2, 0.25) is 0 Å². The Balaban J connectivity index is 1.79. The summed E-state index contributed by atoms with van der Waals surface area (Å²) in [7, 11) is 4.03. The molecule has 46 heavy (non-hydrogen) atoms. The second-order valence-corrected chi connectivity index (χ2v) is 12.3. The molecule has 0 bridgehead atoms. The molecule has 8 nitrogen and oxygen atoms in total. The molecule has 1 aromatic heterocycles. The Morgan fingerprint density at radius 3 is 2.04 bits per heavy atom. The van der Waals surface area contributed by atoms with Gasteiger partial charge >= 0.3 is 5.97 Å². The number of carbonyl (C=O) groups is 2. The Labute approximate surface area is 270 Å². The van der Waals surface area contributed by atoms with Gasteiger partial charge in [0.15, 0.2) is 0 Å². The molecular formula is C37H44FN3O5. The minimum Gasteiger partial charge on any atom is -0.481 e. The zero-order valence-corrected chi connectivity index (χ0v) is 26.9. The number of rotatable bonds is 15. The van der Waals surface area contributed by atoms with Gasteiger partial charge in [0.25, 0.3) is 5.91 Å². The summed E-state index contributed by atoms with van der Waals surface area (Å²) in [6.07, 6.45) is -2.16. The SMILES string of the molecule is CC(C)n1c(CC[C@@H](O)C[C@@H](O)CC(=O)O)c(-c2ccc(F)cc2)c(-c2ccccc2)c1C(=O)NCc1ccc(CN(C)C)cc1. The fourth-order valence-electron chi connectivity index (χ4n) is 5.90. The minimum absolute atomic E-state index is 0.0905. The molecule has 9 heteroatoms. The van der Waals surface area contributed by atoms with Gasteiger partial charge in [-0.25, -0.2) is 4.39 Å². The van der Waals surface area contributed by atoms with Gasteiger partial charge in [-0.3, -0.25) is 9.59 Å². The highest BCUT2D eigenvalue weighted by atomic mass is 19.1. The van der Waals surface area contributed by atoms with Crippen molar-refractivity contribution in [2.24, 2.45) is 0 Å². The summed E-state index contributed by atoms with van der Waals surface area (Å²) in [5.74, 6) is -1.79. The summed E-state index contributed by atoms with van der Waals surface area (Å²) in [5, 5.41) is 33.1. The van der Waals surface area contributed by atoms with E-state index in [1.165, 1.54) is 17.7 Å². The van der Waals surface area contributed by atoms with Crippen molar-refractivity contribution in [3.63, 3.8) is 0 Å². The van der Waals surface area contributed by atoms with Crippen LogP contribution in [0, 0.1) is 5.82 Å². The molecule has 4 N–H and O–H groups in total. The van der Waals surface area contributed by atoms with E-state index < -0.39 is 24.6 Å². The number of aliphatic hydroxyl groups is 2. The predicted octanol–water partition coefficient (Wildman–Crippen LogP) is 6.05. The molecule has 4 rings (SSSR count). The normalized spacial score (nSPS) is 12.8. The molecule has 3 aromatic carbocycles. The third-order valence-electron chi connectivity index (χ3n) is 7.88. The summed E-state index contributed by atoms with van der Waals surface area (Å²) in [6, 6.07) is 23.7. The highest BCUT2D eigenvalue weighted by molar-refractivity contribution is 6.05. The van der Waals surface area contributed by atoms with Crippen molar-refractivity contribution in [3.05, 3.63) is 107 Å². The number of carboxylic acids is 1. The van der Waals surface area contributed by atoms with E-state index in [1.54, 1.807) is 12.1 Å². The maximum absolute atomic E-state index is 14.3. The van der Waals surface area contributed by atoms with Crippen molar-refractivity contribution >= 4 is 11.9 Å². The quantitative estimate of drug-likeness (QED) is 0.127. The molecule has 0 fully saturated rings. The predicted molar refractivity (Wildman–Crippen MR) is 178 cm³/mol. The van der Waals surface area contributed by atoms with Crippen LogP contribution in [0.2, 0.25) is 0 Å². The molecule has 244 valence electrons. The van der Waals surface area contributed by atoms with Crippen molar-refractivity contribution in [2.75, 3.05) is 14.1 Å². The largest absolute Gasteiger partial charge is 0.481 e. The summed E-state index contributed by atoms with van der Waals surface area (Å²) in [5.41, 5.74) is 6.38. The van der Waals surface area contributed by atoms with Crippen molar-refractivity contribution in [1.82, 2.24) is 14.8 Å². The lowest BCUT2D eigenvalue weighted by Crippen LogP contribution is -2.27. The van der Waals surface area contributed by atoms with Crippen LogP contribution in [-0.2, 0) is 24.3 Å². The number of hydrogen-bond acceptors (Lipinski definition) is 5. The number of halogens is 1. The van der Waals surface area contributed by atoms with Crippen LogP contribution < -0.4 is 5.32 Å². The molecule has 2 atom stereocenters. The highest BCUT2D eigenvalue weighted by Crippen LogP contribution is 2.42. The van der Waals surface area contributed by atoms with Crippen molar-refractivity contribution < 1.29 is 29.3 Å². The van der Waals surface area contributed by atoms with Gasteiger partial charge in [-0.1, -0.05) is 66.7 Å². The molecule has 0 aliphatic rings. The Bertz CT molecular complexity index is 1600. The van der Waals surface area contributed by atoms with Gasteiger partial charge in [-0.2, -0.15) is 0 Å². The third-order valence-corrected chi connectivity index (χ3v) is 7.88. The van der Waals surface area contributed by atoms with Gasteiger partial charge < -0.3 is 30.1 Å². The Morgan fingerprint density at radius 2 is 1.46 bits per heavy atom. The average Bonchev–Trinajstić information content (AvgIpc) is 3.35. The second kappa shape index (κ2) is 15.8. The van der Waals surface area contributed by atoms with Gasteiger partial charge in [-0.15, -0.1) is 0 Å². The second-order valence-electron chi connectivity index (χ2n) is 12.3. The summed E-state index contributed by atoms with van der Waals surface area (Å²) >= 11 is 0. The van der Waals surface area contributed by atoms with E-state index in [0.717, 1.165) is 34.5 Å². The van der Waals surface area contributed by atoms with Crippen molar-refractivity contribution in [1.29, 1.82) is 0 Å². The van der Waals surface area contributed by atoms with Crippen LogP contribution in [0.15, 0.2) is 78.9 Å². The van der Waals surface area contributed by atoms with Crippen LogP contribution in [0.5, 0.6) is 0 Å². The fraction of sp³-hybridized carbons (Fsp3) is 0.351. The van der Waals surface area contributed by atoms with Crippen LogP contribution in [0.3, 0.4) is 0 Å². The molecule has 1 amide bonds. The number of amides is 1. The van der Waals surface area contributed by atoms with E-state index in [-0.39, 0.29) is 30.6 Å². The maximum atomic E-state index is 14.3. The smallest absolute Gasteiger partial charge is 0.305 e. The Kier molecular flexibility index (Phi) is 11.9. The maximum Gasteiger partial charge on any atom is 0.305 e. The van der Waals surface area contributed by atoms with E-state index in [4.69, 9.17) is 5.11 Å². The van der Waals surface area contributed by atoms with E-state index in [1.807, 2.05) is 75.0 Å². The lowest BCUT2D eigenvalue weighted by atomic mass is 9.92. The minimum atomic E-state index is -1.18. The number of hydrogen-bond donors (Lipinski definition) is 4. The number of aromatic nitrogens is 1. The zero-order valence-electron chi connectivity index (χ0n) is 26.9. The zero-order chi connectivity index (χ0) is 33.4. The molecule has 0 saturated carbocycles. The van der Waals surface area contributed by atoms with Gasteiger partial charge in [0.1, 0.15) is 11.5 Å². The van der Waals surface area contributed by atoms with Crippen LogP contribution in [0.25, 0.3) is 22.3 Å². The molecule has 0 radical (unpaired) electrons. The number of aliphatic carboxylic acids is 1. The highest BCUT2D eigenvalue weighted by Gasteiger charge is 2.30. The molecule has 0 unspecified atom stereocenters. The van der Waals surface area contributed by atoms with Crippen molar-refractivity contribution in [3.8, 4) is 22.3 Å². The molecule has 1 heterocycles. The topological polar surface area (TPSA) is 115 Å². The Hall–Kier alpha value is -4.31. The number of nitrogens with zero attached hydrogens (tertiary/aromatic N) is 2. The van der Waals surface area contributed by atoms with Crippen LogP contribution >= 0.6 is 0 Å². The third kappa shape index (κ3) is 8.90. The molecule has 0 aliphatic heterocycles. The fourth-order valence-corrected chi connectivity index (χ4v) is 5.90. The van der Waals surface area contributed by atoms with Gasteiger partial charge in [0, 0.05) is 36.0 Å². The first-order chi connectivity index (χ1) is 21.9. The first-order valence-corrected chi connectivity index (χ1v) is 15.6. The lowest BCUT2D eigenvalue weighted by Gasteiger charge is -2.20. The molecule has 0 aliphatic carbocycles. The molecule has 0 spiro atoms. The van der Waals surface area contributed by atoms with Gasteiger partial charge in [0.05, 0.1) is 18.6 Å².